The van der Waals surface area contributed by atoms with Crippen molar-refractivity contribution in [2.45, 2.75) is 13.1 Å². The van der Waals surface area contributed by atoms with Crippen molar-refractivity contribution in [3.63, 3.8) is 0 Å². The number of hydrogen-bond acceptors (Lipinski definition) is 4. The van der Waals surface area contributed by atoms with Gasteiger partial charge in [-0.05, 0) is 17.7 Å². The van der Waals surface area contributed by atoms with Crippen LogP contribution in [0.25, 0.3) is 0 Å². The molecule has 0 unspecified atom stereocenters. The summed E-state index contributed by atoms with van der Waals surface area (Å²) in [5.41, 5.74) is -0.0358. The number of amides is 1. The maximum Gasteiger partial charge on any atom is 0.285 e. The molecule has 2 rings (SSSR count). The zero-order valence-corrected chi connectivity index (χ0v) is 12.3. The molecule has 0 saturated heterocycles. The molecule has 1 heterocycles. The summed E-state index contributed by atoms with van der Waals surface area (Å²) in [4.78, 5) is 35.3. The first-order chi connectivity index (χ1) is 10.9. The van der Waals surface area contributed by atoms with Gasteiger partial charge in [-0.2, -0.15) is 0 Å². The van der Waals surface area contributed by atoms with E-state index in [1.807, 2.05) is 0 Å². The molecule has 0 aliphatic carbocycles. The molecule has 8 heteroatoms. The second-order valence-corrected chi connectivity index (χ2v) is 4.99. The van der Waals surface area contributed by atoms with Crippen LogP contribution in [0.2, 0.25) is 0 Å². The number of likely N-dealkylation sites (N-methyl/N-ethyl adjacent to an activating group) is 1. The number of hydrogen-bond donors (Lipinski definition) is 0. The maximum absolute atomic E-state index is 12.8. The summed E-state index contributed by atoms with van der Waals surface area (Å²) in [6, 6.07) is 7.83. The highest BCUT2D eigenvalue weighted by atomic mass is 19.1. The van der Waals surface area contributed by atoms with E-state index in [-0.39, 0.29) is 24.6 Å². The van der Waals surface area contributed by atoms with Crippen LogP contribution in [0, 0.1) is 15.9 Å². The number of rotatable bonds is 5. The predicted molar refractivity (Wildman–Crippen MR) is 80.2 cm³/mol. The molecular weight excluding hydrogens is 305 g/mol. The summed E-state index contributed by atoms with van der Waals surface area (Å²) in [6.45, 7) is -0.0685. The van der Waals surface area contributed by atoms with Gasteiger partial charge in [0.1, 0.15) is 12.4 Å². The van der Waals surface area contributed by atoms with E-state index in [1.54, 1.807) is 12.1 Å². The second kappa shape index (κ2) is 6.82. The monoisotopic (exact) mass is 319 g/mol. The normalized spacial score (nSPS) is 10.3. The molecule has 1 aromatic heterocycles. The van der Waals surface area contributed by atoms with Gasteiger partial charge in [-0.25, -0.2) is 4.39 Å². The SMILES string of the molecule is CN(Cc1ccc(F)cc1)C(=O)Cn1cc([N+](=O)[O-])ccc1=O. The van der Waals surface area contributed by atoms with Crippen LogP contribution in [0.5, 0.6) is 0 Å². The number of nitro groups is 1. The van der Waals surface area contributed by atoms with Crippen LogP contribution in [0.4, 0.5) is 10.1 Å². The number of benzene rings is 1. The molecular formula is C15H14FN3O4. The molecule has 0 saturated carbocycles. The Balaban J connectivity index is 2.09. The lowest BCUT2D eigenvalue weighted by Crippen LogP contribution is -2.33. The Kier molecular flexibility index (Phi) is 4.85. The minimum Gasteiger partial charge on any atom is -0.340 e. The Labute approximate surface area is 130 Å². The lowest BCUT2D eigenvalue weighted by Gasteiger charge is -2.17. The zero-order chi connectivity index (χ0) is 17.0. The van der Waals surface area contributed by atoms with Crippen LogP contribution >= 0.6 is 0 Å². The summed E-state index contributed by atoms with van der Waals surface area (Å²) in [6.07, 6.45) is 1.03. The number of pyridine rings is 1. The van der Waals surface area contributed by atoms with Gasteiger partial charge >= 0.3 is 0 Å². The highest BCUT2D eigenvalue weighted by Gasteiger charge is 2.14. The molecule has 2 aromatic rings. The summed E-state index contributed by atoms with van der Waals surface area (Å²) in [5.74, 6) is -0.761. The van der Waals surface area contributed by atoms with Gasteiger partial charge in [-0.15, -0.1) is 0 Å². The van der Waals surface area contributed by atoms with E-state index in [2.05, 4.69) is 0 Å². The highest BCUT2D eigenvalue weighted by molar-refractivity contribution is 5.75. The molecule has 0 aliphatic rings. The minimum atomic E-state index is -0.636. The van der Waals surface area contributed by atoms with Gasteiger partial charge in [0.25, 0.3) is 11.2 Å². The summed E-state index contributed by atoms with van der Waals surface area (Å²) in [5, 5.41) is 10.7. The van der Waals surface area contributed by atoms with Crippen LogP contribution in [-0.4, -0.2) is 27.3 Å². The van der Waals surface area contributed by atoms with Crippen LogP contribution in [0.3, 0.4) is 0 Å². The van der Waals surface area contributed by atoms with Crippen molar-refractivity contribution in [1.29, 1.82) is 0 Å². The maximum atomic E-state index is 12.8. The van der Waals surface area contributed by atoms with E-state index in [0.29, 0.717) is 0 Å². The zero-order valence-electron chi connectivity index (χ0n) is 12.3. The average Bonchev–Trinajstić information content (AvgIpc) is 2.51. The van der Waals surface area contributed by atoms with Crippen molar-refractivity contribution in [2.24, 2.45) is 0 Å². The van der Waals surface area contributed by atoms with Crippen LogP contribution in [0.15, 0.2) is 47.4 Å². The van der Waals surface area contributed by atoms with E-state index in [0.717, 1.165) is 28.5 Å². The number of nitrogens with zero attached hydrogens (tertiary/aromatic N) is 3. The van der Waals surface area contributed by atoms with Gasteiger partial charge in [0.15, 0.2) is 0 Å². The Hall–Kier alpha value is -3.03. The molecule has 23 heavy (non-hydrogen) atoms. The number of carbonyl (C=O) groups excluding carboxylic acids is 1. The third-order valence-corrected chi connectivity index (χ3v) is 3.24. The van der Waals surface area contributed by atoms with Crippen molar-refractivity contribution in [1.82, 2.24) is 9.47 Å². The third kappa shape index (κ3) is 4.22. The fraction of sp³-hybridized carbons (Fsp3) is 0.200. The van der Waals surface area contributed by atoms with Crippen molar-refractivity contribution < 1.29 is 14.1 Å². The molecule has 0 atom stereocenters. The summed E-state index contributed by atoms with van der Waals surface area (Å²) >= 11 is 0. The number of carbonyl (C=O) groups is 1. The van der Waals surface area contributed by atoms with Crippen molar-refractivity contribution in [3.05, 3.63) is 74.4 Å². The third-order valence-electron chi connectivity index (χ3n) is 3.24. The van der Waals surface area contributed by atoms with Gasteiger partial charge in [-0.1, -0.05) is 12.1 Å². The fourth-order valence-electron chi connectivity index (χ4n) is 1.97. The Morgan fingerprint density at radius 1 is 1.26 bits per heavy atom. The van der Waals surface area contributed by atoms with Gasteiger partial charge in [0, 0.05) is 25.7 Å². The van der Waals surface area contributed by atoms with Crippen molar-refractivity contribution in [2.75, 3.05) is 7.05 Å². The topological polar surface area (TPSA) is 85.4 Å². The average molecular weight is 319 g/mol. The standard InChI is InChI=1S/C15H14FN3O4/c1-17(8-11-2-4-12(16)5-3-11)15(21)10-18-9-13(19(22)23)6-7-14(18)20/h2-7,9H,8,10H2,1H3. The van der Waals surface area contributed by atoms with Gasteiger partial charge < -0.3 is 4.90 Å². The molecule has 1 amide bonds. The van der Waals surface area contributed by atoms with Gasteiger partial charge in [0.2, 0.25) is 5.91 Å². The number of aromatic nitrogens is 1. The summed E-state index contributed by atoms with van der Waals surface area (Å²) < 4.78 is 13.8. The molecule has 0 aliphatic heterocycles. The van der Waals surface area contributed by atoms with E-state index < -0.39 is 16.4 Å². The van der Waals surface area contributed by atoms with Gasteiger partial charge in [0.05, 0.1) is 11.1 Å². The first kappa shape index (κ1) is 16.3. The number of halogens is 1. The molecule has 0 fully saturated rings. The molecule has 0 N–H and O–H groups in total. The molecule has 7 nitrogen and oxygen atoms in total. The van der Waals surface area contributed by atoms with E-state index in [9.17, 15) is 24.1 Å². The Bertz CT molecular complexity index is 786. The molecule has 0 radical (unpaired) electrons. The van der Waals surface area contributed by atoms with Crippen LogP contribution < -0.4 is 5.56 Å². The molecule has 1 aromatic carbocycles. The van der Waals surface area contributed by atoms with E-state index in [4.69, 9.17) is 0 Å². The lowest BCUT2D eigenvalue weighted by molar-refractivity contribution is -0.385. The first-order valence-electron chi connectivity index (χ1n) is 6.70. The summed E-state index contributed by atoms with van der Waals surface area (Å²) in [7, 11) is 1.54. The lowest BCUT2D eigenvalue weighted by atomic mass is 10.2. The minimum absolute atomic E-state index is 0.239. The first-order valence-corrected chi connectivity index (χ1v) is 6.70. The van der Waals surface area contributed by atoms with Crippen molar-refractivity contribution in [3.8, 4) is 0 Å². The van der Waals surface area contributed by atoms with Crippen LogP contribution in [-0.2, 0) is 17.9 Å². The second-order valence-electron chi connectivity index (χ2n) is 4.99. The van der Waals surface area contributed by atoms with Crippen molar-refractivity contribution >= 4 is 11.6 Å². The van der Waals surface area contributed by atoms with E-state index >= 15 is 0 Å². The largest absolute Gasteiger partial charge is 0.340 e. The molecule has 0 bridgehead atoms. The quantitative estimate of drug-likeness (QED) is 0.618. The Morgan fingerprint density at radius 3 is 2.52 bits per heavy atom. The smallest absolute Gasteiger partial charge is 0.285 e. The molecule has 0 spiro atoms. The Morgan fingerprint density at radius 2 is 1.91 bits per heavy atom. The fourth-order valence-corrected chi connectivity index (χ4v) is 1.97. The predicted octanol–water partition coefficient (Wildman–Crippen LogP) is 1.55. The van der Waals surface area contributed by atoms with Crippen LogP contribution in [0.1, 0.15) is 5.56 Å². The highest BCUT2D eigenvalue weighted by Crippen LogP contribution is 2.08. The molecule has 120 valence electrons. The van der Waals surface area contributed by atoms with Gasteiger partial charge in [-0.3, -0.25) is 24.3 Å². The van der Waals surface area contributed by atoms with E-state index in [1.165, 1.54) is 24.1 Å².